The zero-order valence-electron chi connectivity index (χ0n) is 10.9. The second-order valence-electron chi connectivity index (χ2n) is 4.18. The third-order valence-corrected chi connectivity index (χ3v) is 2.73. The molecule has 0 fully saturated rings. The summed E-state index contributed by atoms with van der Waals surface area (Å²) in [5.41, 5.74) is 0.792. The Labute approximate surface area is 110 Å². The molecule has 100 valence electrons. The second kappa shape index (κ2) is 5.65. The normalized spacial score (nSPS) is 10.5. The number of aryl methyl sites for hydroxylation is 1. The first-order chi connectivity index (χ1) is 9.13. The van der Waals surface area contributed by atoms with Crippen molar-refractivity contribution in [3.8, 4) is 17.0 Å². The van der Waals surface area contributed by atoms with Gasteiger partial charge in [-0.15, -0.1) is 0 Å². The van der Waals surface area contributed by atoms with Crippen molar-refractivity contribution in [2.24, 2.45) is 0 Å². The molecule has 0 bridgehead atoms. The predicted molar refractivity (Wildman–Crippen MR) is 70.8 cm³/mol. The van der Waals surface area contributed by atoms with Crippen LogP contribution in [0.2, 0.25) is 0 Å². The molecule has 19 heavy (non-hydrogen) atoms. The standard InChI is InChI=1S/C14H15FN2O2/c1-3-4-13-16-11(8-14(18)17-13)9-5-6-12(19-2)10(15)7-9/h5-8H,3-4H2,1-2H3,(H,16,17,18). The van der Waals surface area contributed by atoms with E-state index >= 15 is 0 Å². The lowest BCUT2D eigenvalue weighted by Crippen LogP contribution is -2.11. The fourth-order valence-electron chi connectivity index (χ4n) is 1.84. The van der Waals surface area contributed by atoms with E-state index in [4.69, 9.17) is 4.74 Å². The van der Waals surface area contributed by atoms with Crippen LogP contribution in [-0.4, -0.2) is 17.1 Å². The lowest BCUT2D eigenvalue weighted by Gasteiger charge is -2.06. The molecule has 0 unspecified atom stereocenters. The van der Waals surface area contributed by atoms with Crippen LogP contribution >= 0.6 is 0 Å². The molecule has 2 rings (SSSR count). The molecule has 0 amide bonds. The summed E-state index contributed by atoms with van der Waals surface area (Å²) in [5.74, 6) is 0.308. The first kappa shape index (κ1) is 13.3. The second-order valence-corrected chi connectivity index (χ2v) is 4.18. The van der Waals surface area contributed by atoms with Crippen molar-refractivity contribution in [1.29, 1.82) is 0 Å². The van der Waals surface area contributed by atoms with Crippen molar-refractivity contribution in [3.63, 3.8) is 0 Å². The summed E-state index contributed by atoms with van der Waals surface area (Å²) in [5, 5.41) is 0. The van der Waals surface area contributed by atoms with Gasteiger partial charge in [0.15, 0.2) is 11.6 Å². The van der Waals surface area contributed by atoms with Crippen LogP contribution < -0.4 is 10.3 Å². The van der Waals surface area contributed by atoms with E-state index < -0.39 is 5.82 Å². The Morgan fingerprint density at radius 1 is 1.37 bits per heavy atom. The lowest BCUT2D eigenvalue weighted by molar-refractivity contribution is 0.386. The number of aromatic amines is 1. The fraction of sp³-hybridized carbons (Fsp3) is 0.286. The minimum atomic E-state index is -0.473. The topological polar surface area (TPSA) is 55.0 Å². The Kier molecular flexibility index (Phi) is 3.94. The molecule has 4 nitrogen and oxygen atoms in total. The number of hydrogen-bond acceptors (Lipinski definition) is 3. The van der Waals surface area contributed by atoms with E-state index in [1.54, 1.807) is 6.07 Å². The molecular formula is C14H15FN2O2. The van der Waals surface area contributed by atoms with Gasteiger partial charge in [-0.2, -0.15) is 0 Å². The summed E-state index contributed by atoms with van der Waals surface area (Å²) >= 11 is 0. The first-order valence-corrected chi connectivity index (χ1v) is 6.08. The minimum absolute atomic E-state index is 0.169. The zero-order valence-corrected chi connectivity index (χ0v) is 10.9. The quantitative estimate of drug-likeness (QED) is 0.921. The molecule has 0 radical (unpaired) electrons. The van der Waals surface area contributed by atoms with Gasteiger partial charge in [-0.25, -0.2) is 9.37 Å². The first-order valence-electron chi connectivity index (χ1n) is 6.08. The highest BCUT2D eigenvalue weighted by molar-refractivity contribution is 5.60. The van der Waals surface area contributed by atoms with Gasteiger partial charge in [-0.1, -0.05) is 6.92 Å². The minimum Gasteiger partial charge on any atom is -0.494 e. The van der Waals surface area contributed by atoms with E-state index in [1.807, 2.05) is 6.92 Å². The van der Waals surface area contributed by atoms with Gasteiger partial charge in [0.05, 0.1) is 12.8 Å². The summed E-state index contributed by atoms with van der Waals surface area (Å²) in [4.78, 5) is 18.6. The summed E-state index contributed by atoms with van der Waals surface area (Å²) in [6.07, 6.45) is 1.56. The van der Waals surface area contributed by atoms with Crippen LogP contribution in [0.3, 0.4) is 0 Å². The molecular weight excluding hydrogens is 247 g/mol. The Morgan fingerprint density at radius 2 is 2.16 bits per heavy atom. The van der Waals surface area contributed by atoms with E-state index in [2.05, 4.69) is 9.97 Å². The fourth-order valence-corrected chi connectivity index (χ4v) is 1.84. The molecule has 0 aliphatic carbocycles. The van der Waals surface area contributed by atoms with E-state index in [1.165, 1.54) is 25.3 Å². The van der Waals surface area contributed by atoms with Gasteiger partial charge in [-0.3, -0.25) is 4.79 Å². The maximum atomic E-state index is 13.6. The van der Waals surface area contributed by atoms with E-state index in [0.717, 1.165) is 6.42 Å². The average molecular weight is 262 g/mol. The van der Waals surface area contributed by atoms with Crippen LogP contribution in [0.4, 0.5) is 4.39 Å². The number of ether oxygens (including phenoxy) is 1. The van der Waals surface area contributed by atoms with Gasteiger partial charge in [-0.05, 0) is 24.6 Å². The molecule has 1 N–H and O–H groups in total. The molecule has 2 aromatic rings. The Bertz CT molecular complexity index is 638. The van der Waals surface area contributed by atoms with E-state index in [9.17, 15) is 9.18 Å². The number of rotatable bonds is 4. The number of nitrogens with one attached hydrogen (secondary N) is 1. The molecule has 0 saturated carbocycles. The largest absolute Gasteiger partial charge is 0.494 e. The highest BCUT2D eigenvalue weighted by Crippen LogP contribution is 2.23. The molecule has 0 aliphatic rings. The summed E-state index contributed by atoms with van der Waals surface area (Å²) in [6, 6.07) is 5.88. The molecule has 1 aromatic carbocycles. The number of nitrogens with zero attached hydrogens (tertiary/aromatic N) is 1. The number of H-pyrrole nitrogens is 1. The van der Waals surface area contributed by atoms with E-state index in [0.29, 0.717) is 23.5 Å². The van der Waals surface area contributed by atoms with Crippen molar-refractivity contribution < 1.29 is 9.13 Å². The van der Waals surface area contributed by atoms with Crippen LogP contribution in [0, 0.1) is 5.82 Å². The molecule has 1 aromatic heterocycles. The Hall–Kier alpha value is -2.17. The van der Waals surface area contributed by atoms with Crippen LogP contribution in [0.25, 0.3) is 11.3 Å². The van der Waals surface area contributed by atoms with E-state index in [-0.39, 0.29) is 11.3 Å². The maximum Gasteiger partial charge on any atom is 0.251 e. The smallest absolute Gasteiger partial charge is 0.251 e. The van der Waals surface area contributed by atoms with Gasteiger partial charge in [0.1, 0.15) is 5.82 Å². The lowest BCUT2D eigenvalue weighted by atomic mass is 10.1. The maximum absolute atomic E-state index is 13.6. The van der Waals surface area contributed by atoms with Crippen molar-refractivity contribution in [3.05, 3.63) is 46.3 Å². The SMILES string of the molecule is CCCc1nc(-c2ccc(OC)c(F)c2)cc(=O)[nH]1. The monoisotopic (exact) mass is 262 g/mol. The Balaban J connectivity index is 2.46. The number of aromatic nitrogens is 2. The van der Waals surface area contributed by atoms with Crippen LogP contribution in [0.15, 0.2) is 29.1 Å². The molecule has 5 heteroatoms. The highest BCUT2D eigenvalue weighted by Gasteiger charge is 2.08. The summed E-state index contributed by atoms with van der Waals surface area (Å²) in [7, 11) is 1.41. The number of benzene rings is 1. The van der Waals surface area contributed by atoms with Gasteiger partial charge < -0.3 is 9.72 Å². The van der Waals surface area contributed by atoms with Crippen LogP contribution in [-0.2, 0) is 6.42 Å². The van der Waals surface area contributed by atoms with Crippen molar-refractivity contribution in [2.45, 2.75) is 19.8 Å². The Morgan fingerprint density at radius 3 is 2.79 bits per heavy atom. The van der Waals surface area contributed by atoms with Crippen LogP contribution in [0.5, 0.6) is 5.75 Å². The van der Waals surface area contributed by atoms with Gasteiger partial charge in [0, 0.05) is 18.1 Å². The molecule has 1 heterocycles. The molecule has 0 saturated heterocycles. The molecule has 0 atom stereocenters. The van der Waals surface area contributed by atoms with Gasteiger partial charge in [0.25, 0.3) is 5.56 Å². The molecule has 0 spiro atoms. The van der Waals surface area contributed by atoms with Crippen molar-refractivity contribution >= 4 is 0 Å². The highest BCUT2D eigenvalue weighted by atomic mass is 19.1. The van der Waals surface area contributed by atoms with Gasteiger partial charge >= 0.3 is 0 Å². The summed E-state index contributed by atoms with van der Waals surface area (Å²) in [6.45, 7) is 2.00. The number of hydrogen-bond donors (Lipinski definition) is 1. The summed E-state index contributed by atoms with van der Waals surface area (Å²) < 4.78 is 18.5. The predicted octanol–water partition coefficient (Wildman–Crippen LogP) is 2.54. The third-order valence-electron chi connectivity index (χ3n) is 2.73. The van der Waals surface area contributed by atoms with Gasteiger partial charge in [0.2, 0.25) is 0 Å². The van der Waals surface area contributed by atoms with Crippen molar-refractivity contribution in [2.75, 3.05) is 7.11 Å². The van der Waals surface area contributed by atoms with Crippen molar-refractivity contribution in [1.82, 2.24) is 9.97 Å². The average Bonchev–Trinajstić information content (AvgIpc) is 2.38. The molecule has 0 aliphatic heterocycles. The number of methoxy groups -OCH3 is 1. The van der Waals surface area contributed by atoms with Crippen LogP contribution in [0.1, 0.15) is 19.2 Å². The third kappa shape index (κ3) is 2.99. The number of halogens is 1. The zero-order chi connectivity index (χ0) is 13.8.